The molecule has 0 fully saturated rings. The second kappa shape index (κ2) is 9.94. The minimum atomic E-state index is -0.380. The lowest BCUT2D eigenvalue weighted by Crippen LogP contribution is -2.22. The van der Waals surface area contributed by atoms with Gasteiger partial charge in [-0.2, -0.15) is 0 Å². The molecular formula is C25H22ClN3O2S. The number of thioether (sulfide) groups is 1. The fourth-order valence-electron chi connectivity index (χ4n) is 3.23. The first kappa shape index (κ1) is 22.0. The number of H-pyrrole nitrogens is 1. The summed E-state index contributed by atoms with van der Waals surface area (Å²) >= 11 is 7.53. The van der Waals surface area contributed by atoms with Gasteiger partial charge in [-0.25, -0.2) is 4.98 Å². The van der Waals surface area contributed by atoms with Crippen molar-refractivity contribution in [2.75, 3.05) is 12.4 Å². The van der Waals surface area contributed by atoms with Crippen molar-refractivity contribution in [3.8, 4) is 28.3 Å². The highest BCUT2D eigenvalue weighted by Gasteiger charge is 2.20. The van der Waals surface area contributed by atoms with Crippen molar-refractivity contribution in [2.24, 2.45) is 0 Å². The van der Waals surface area contributed by atoms with E-state index in [0.29, 0.717) is 21.6 Å². The molecular weight excluding hydrogens is 442 g/mol. The Bertz CT molecular complexity index is 1160. The van der Waals surface area contributed by atoms with E-state index in [2.05, 4.69) is 10.3 Å². The van der Waals surface area contributed by atoms with Gasteiger partial charge in [0.05, 0.1) is 28.8 Å². The van der Waals surface area contributed by atoms with Crippen LogP contribution in [-0.4, -0.2) is 28.2 Å². The molecule has 1 atom stereocenters. The number of carbonyl (C=O) groups excluding carboxylic acids is 1. The topological polar surface area (TPSA) is 67.0 Å². The van der Waals surface area contributed by atoms with Crippen LogP contribution < -0.4 is 10.1 Å². The van der Waals surface area contributed by atoms with Gasteiger partial charge in [-0.1, -0.05) is 84.0 Å². The summed E-state index contributed by atoms with van der Waals surface area (Å²) in [6.45, 7) is 1.85. The Hall–Kier alpha value is -3.22. The van der Waals surface area contributed by atoms with Gasteiger partial charge in [0.1, 0.15) is 5.75 Å². The van der Waals surface area contributed by atoms with Crippen molar-refractivity contribution in [2.45, 2.75) is 17.3 Å². The number of benzene rings is 3. The molecule has 162 valence electrons. The van der Waals surface area contributed by atoms with Gasteiger partial charge in [-0.3, -0.25) is 4.79 Å². The summed E-state index contributed by atoms with van der Waals surface area (Å²) in [5, 5.41) is 3.64. The summed E-state index contributed by atoms with van der Waals surface area (Å²) in [6, 6.07) is 25.2. The summed E-state index contributed by atoms with van der Waals surface area (Å²) in [4.78, 5) is 21.0. The van der Waals surface area contributed by atoms with E-state index < -0.39 is 0 Å². The molecule has 0 saturated heterocycles. The molecule has 4 aromatic rings. The lowest BCUT2D eigenvalue weighted by atomic mass is 10.1. The number of anilines is 1. The number of imidazole rings is 1. The number of nitrogens with zero attached hydrogens (tertiary/aromatic N) is 1. The second-order valence-electron chi connectivity index (χ2n) is 7.10. The number of halogens is 1. The minimum Gasteiger partial charge on any atom is -0.495 e. The zero-order valence-electron chi connectivity index (χ0n) is 17.6. The number of carbonyl (C=O) groups is 1. The van der Waals surface area contributed by atoms with E-state index in [0.717, 1.165) is 22.5 Å². The molecule has 5 nitrogen and oxygen atoms in total. The molecule has 0 bridgehead atoms. The van der Waals surface area contributed by atoms with E-state index >= 15 is 0 Å². The van der Waals surface area contributed by atoms with Crippen molar-refractivity contribution in [1.82, 2.24) is 9.97 Å². The normalized spacial score (nSPS) is 11.7. The number of amides is 1. The van der Waals surface area contributed by atoms with Crippen molar-refractivity contribution < 1.29 is 9.53 Å². The zero-order valence-corrected chi connectivity index (χ0v) is 19.2. The van der Waals surface area contributed by atoms with Crippen LogP contribution in [0.1, 0.15) is 6.92 Å². The molecule has 0 radical (unpaired) electrons. The third kappa shape index (κ3) is 4.98. The molecule has 3 aromatic carbocycles. The Balaban J connectivity index is 1.55. The number of aromatic amines is 1. The van der Waals surface area contributed by atoms with Crippen molar-refractivity contribution in [3.63, 3.8) is 0 Å². The molecule has 0 aliphatic heterocycles. The van der Waals surface area contributed by atoms with Gasteiger partial charge >= 0.3 is 0 Å². The van der Waals surface area contributed by atoms with Gasteiger partial charge in [-0.15, -0.1) is 0 Å². The smallest absolute Gasteiger partial charge is 0.237 e. The van der Waals surface area contributed by atoms with Crippen LogP contribution in [0.3, 0.4) is 0 Å². The number of hydrogen-bond donors (Lipinski definition) is 2. The minimum absolute atomic E-state index is 0.143. The molecule has 4 rings (SSSR count). The van der Waals surface area contributed by atoms with Crippen LogP contribution in [0.15, 0.2) is 84.0 Å². The summed E-state index contributed by atoms with van der Waals surface area (Å²) in [5.41, 5.74) is 4.44. The molecule has 0 saturated carbocycles. The van der Waals surface area contributed by atoms with Crippen LogP contribution in [0.2, 0.25) is 5.02 Å². The number of methoxy groups -OCH3 is 1. The van der Waals surface area contributed by atoms with Crippen molar-refractivity contribution in [3.05, 3.63) is 83.9 Å². The Morgan fingerprint density at radius 1 is 1.03 bits per heavy atom. The van der Waals surface area contributed by atoms with Crippen molar-refractivity contribution >= 4 is 35.0 Å². The maximum absolute atomic E-state index is 12.8. The van der Waals surface area contributed by atoms with Gasteiger partial charge in [0.2, 0.25) is 5.91 Å². The molecule has 0 spiro atoms. The number of aromatic nitrogens is 2. The fraction of sp³-hybridized carbons (Fsp3) is 0.120. The molecule has 0 aliphatic carbocycles. The Morgan fingerprint density at radius 3 is 2.31 bits per heavy atom. The number of hydrogen-bond acceptors (Lipinski definition) is 4. The van der Waals surface area contributed by atoms with E-state index in [1.165, 1.54) is 11.8 Å². The molecule has 2 N–H and O–H groups in total. The third-order valence-electron chi connectivity index (χ3n) is 4.87. The third-order valence-corrected chi connectivity index (χ3v) is 6.15. The maximum atomic E-state index is 12.8. The first-order valence-corrected chi connectivity index (χ1v) is 11.3. The van der Waals surface area contributed by atoms with Crippen LogP contribution >= 0.6 is 23.4 Å². The maximum Gasteiger partial charge on any atom is 0.237 e. The highest BCUT2D eigenvalue weighted by atomic mass is 35.5. The fourth-order valence-corrected chi connectivity index (χ4v) is 4.30. The second-order valence-corrected chi connectivity index (χ2v) is 8.83. The first-order valence-electron chi connectivity index (χ1n) is 10.1. The van der Waals surface area contributed by atoms with E-state index in [1.54, 1.807) is 25.3 Å². The SMILES string of the molecule is COc1ccc(NC(=O)C(C)Sc2nc(-c3ccccc3)c(-c3ccccc3)[nH]2)cc1Cl. The molecule has 1 unspecified atom stereocenters. The quantitative estimate of drug-likeness (QED) is 0.306. The monoisotopic (exact) mass is 463 g/mol. The lowest BCUT2D eigenvalue weighted by molar-refractivity contribution is -0.115. The van der Waals surface area contributed by atoms with E-state index in [1.807, 2.05) is 67.6 Å². The highest BCUT2D eigenvalue weighted by molar-refractivity contribution is 8.00. The molecule has 0 aliphatic rings. The largest absolute Gasteiger partial charge is 0.495 e. The summed E-state index contributed by atoms with van der Waals surface area (Å²) < 4.78 is 5.16. The molecule has 7 heteroatoms. The average Bonchev–Trinajstić information content (AvgIpc) is 3.24. The molecule has 1 amide bonds. The summed E-state index contributed by atoms with van der Waals surface area (Å²) in [7, 11) is 1.55. The number of ether oxygens (including phenoxy) is 1. The van der Waals surface area contributed by atoms with Crippen LogP contribution in [0.25, 0.3) is 22.5 Å². The molecule has 1 heterocycles. The summed E-state index contributed by atoms with van der Waals surface area (Å²) in [6.07, 6.45) is 0. The Labute approximate surface area is 196 Å². The van der Waals surface area contributed by atoms with Gasteiger partial charge < -0.3 is 15.0 Å². The van der Waals surface area contributed by atoms with E-state index in [4.69, 9.17) is 21.3 Å². The molecule has 1 aromatic heterocycles. The first-order chi connectivity index (χ1) is 15.5. The standard InChI is InChI=1S/C25H22ClN3O2S/c1-16(24(30)27-19-13-14-21(31-2)20(26)15-19)32-25-28-22(17-9-5-3-6-10-17)23(29-25)18-11-7-4-8-12-18/h3-16H,1-2H3,(H,27,30)(H,28,29). The van der Waals surface area contributed by atoms with E-state index in [9.17, 15) is 4.79 Å². The van der Waals surface area contributed by atoms with Gasteiger partial charge in [0.15, 0.2) is 5.16 Å². The van der Waals surface area contributed by atoms with Crippen LogP contribution in [0, 0.1) is 0 Å². The van der Waals surface area contributed by atoms with Crippen LogP contribution in [-0.2, 0) is 4.79 Å². The van der Waals surface area contributed by atoms with E-state index in [-0.39, 0.29) is 11.2 Å². The Morgan fingerprint density at radius 2 is 1.69 bits per heavy atom. The predicted molar refractivity (Wildman–Crippen MR) is 131 cm³/mol. The van der Waals surface area contributed by atoms with Gasteiger partial charge in [-0.05, 0) is 25.1 Å². The van der Waals surface area contributed by atoms with Crippen molar-refractivity contribution in [1.29, 1.82) is 0 Å². The Kier molecular flexibility index (Phi) is 6.83. The van der Waals surface area contributed by atoms with Gasteiger partial charge in [0, 0.05) is 16.8 Å². The van der Waals surface area contributed by atoms with Crippen LogP contribution in [0.5, 0.6) is 5.75 Å². The number of rotatable bonds is 7. The number of nitrogens with one attached hydrogen (secondary N) is 2. The summed E-state index contributed by atoms with van der Waals surface area (Å²) in [5.74, 6) is 0.416. The predicted octanol–water partition coefficient (Wildman–Crippen LogP) is 6.53. The molecule has 32 heavy (non-hydrogen) atoms. The lowest BCUT2D eigenvalue weighted by Gasteiger charge is -2.12. The zero-order chi connectivity index (χ0) is 22.5. The highest BCUT2D eigenvalue weighted by Crippen LogP contribution is 2.34. The van der Waals surface area contributed by atoms with Crippen LogP contribution in [0.4, 0.5) is 5.69 Å². The van der Waals surface area contributed by atoms with Gasteiger partial charge in [0.25, 0.3) is 0 Å². The average molecular weight is 464 g/mol.